The number of unbranched alkanes of at least 4 members (excludes halogenated alkanes) is 5. The van der Waals surface area contributed by atoms with Crippen molar-refractivity contribution in [2.75, 3.05) is 11.5 Å². The second-order valence-corrected chi connectivity index (χ2v) is 7.21. The molecule has 0 aliphatic rings. The van der Waals surface area contributed by atoms with E-state index in [1.807, 2.05) is 6.92 Å². The average Bonchev–Trinajstić information content (AvgIpc) is 2.36. The third-order valence-corrected chi connectivity index (χ3v) is 5.17. The van der Waals surface area contributed by atoms with E-state index in [0.29, 0.717) is 10.6 Å². The topological polar surface area (TPSA) is 60.2 Å². The van der Waals surface area contributed by atoms with Crippen LogP contribution in [0, 0.1) is 6.92 Å². The molecule has 0 atom stereocenters. The summed E-state index contributed by atoms with van der Waals surface area (Å²) in [4.78, 5) is 0.396. The summed E-state index contributed by atoms with van der Waals surface area (Å²) in [7, 11) is -3.15. The molecule has 108 valence electrons. The number of anilines is 1. The number of sulfone groups is 1. The summed E-state index contributed by atoms with van der Waals surface area (Å²) < 4.78 is 24.3. The van der Waals surface area contributed by atoms with Gasteiger partial charge in [0.25, 0.3) is 0 Å². The smallest absolute Gasteiger partial charge is 0.178 e. The van der Waals surface area contributed by atoms with Crippen LogP contribution in [0.4, 0.5) is 5.69 Å². The number of hydrogen-bond acceptors (Lipinski definition) is 3. The largest absolute Gasteiger partial charge is 0.399 e. The SMILES string of the molecule is CCCCCCCCS(=O)(=O)c1ccc(N)c(C)c1. The molecule has 0 saturated heterocycles. The molecule has 1 aromatic carbocycles. The number of benzene rings is 1. The Morgan fingerprint density at radius 3 is 2.32 bits per heavy atom. The lowest BCUT2D eigenvalue weighted by molar-refractivity contribution is 0.583. The standard InChI is InChI=1S/C15H25NO2S/c1-3-4-5-6-7-8-11-19(17,18)14-9-10-15(16)13(2)12-14/h9-10,12H,3-8,11,16H2,1-2H3. The Morgan fingerprint density at radius 2 is 1.68 bits per heavy atom. The third kappa shape index (κ3) is 5.23. The molecule has 1 aromatic rings. The van der Waals surface area contributed by atoms with E-state index in [9.17, 15) is 8.42 Å². The summed E-state index contributed by atoms with van der Waals surface area (Å²) in [6, 6.07) is 4.94. The lowest BCUT2D eigenvalue weighted by Gasteiger charge is -2.07. The van der Waals surface area contributed by atoms with Gasteiger partial charge in [-0.1, -0.05) is 39.0 Å². The monoisotopic (exact) mass is 283 g/mol. The van der Waals surface area contributed by atoms with E-state index in [0.717, 1.165) is 24.8 Å². The predicted molar refractivity (Wildman–Crippen MR) is 81.0 cm³/mol. The molecule has 1 rings (SSSR count). The first-order chi connectivity index (χ1) is 8.97. The first kappa shape index (κ1) is 16.0. The minimum absolute atomic E-state index is 0.239. The van der Waals surface area contributed by atoms with Gasteiger partial charge in [-0.25, -0.2) is 8.42 Å². The Morgan fingerprint density at radius 1 is 1.05 bits per heavy atom. The molecule has 19 heavy (non-hydrogen) atoms. The summed E-state index contributed by atoms with van der Waals surface area (Å²) in [5, 5.41) is 0. The number of nitrogens with two attached hydrogens (primary N) is 1. The van der Waals surface area contributed by atoms with Crippen LogP contribution in [0.5, 0.6) is 0 Å². The molecule has 0 aromatic heterocycles. The molecule has 0 aliphatic heterocycles. The predicted octanol–water partition coefficient (Wildman–Crippen LogP) is 3.71. The van der Waals surface area contributed by atoms with Crippen LogP contribution in [0.2, 0.25) is 0 Å². The van der Waals surface area contributed by atoms with Crippen molar-refractivity contribution in [2.45, 2.75) is 57.3 Å². The molecule has 0 radical (unpaired) electrons. The highest BCUT2D eigenvalue weighted by Crippen LogP contribution is 2.19. The Kier molecular flexibility index (Phi) is 6.35. The quantitative estimate of drug-likeness (QED) is 0.584. The van der Waals surface area contributed by atoms with Gasteiger partial charge in [0, 0.05) is 5.69 Å². The van der Waals surface area contributed by atoms with Crippen LogP contribution in [-0.4, -0.2) is 14.2 Å². The molecule has 0 heterocycles. The molecular formula is C15H25NO2S. The summed E-state index contributed by atoms with van der Waals surface area (Å²) in [6.07, 6.45) is 6.53. The second-order valence-electron chi connectivity index (χ2n) is 5.11. The second kappa shape index (κ2) is 7.53. The molecule has 0 aliphatic carbocycles. The van der Waals surface area contributed by atoms with E-state index in [1.54, 1.807) is 18.2 Å². The van der Waals surface area contributed by atoms with Gasteiger partial charge in [-0.3, -0.25) is 0 Å². The van der Waals surface area contributed by atoms with Gasteiger partial charge in [0.05, 0.1) is 10.6 Å². The van der Waals surface area contributed by atoms with E-state index >= 15 is 0 Å². The van der Waals surface area contributed by atoms with E-state index < -0.39 is 9.84 Å². The van der Waals surface area contributed by atoms with Crippen LogP contribution in [-0.2, 0) is 9.84 Å². The molecule has 0 spiro atoms. The van der Waals surface area contributed by atoms with Crippen molar-refractivity contribution in [3.05, 3.63) is 23.8 Å². The van der Waals surface area contributed by atoms with Gasteiger partial charge >= 0.3 is 0 Å². The van der Waals surface area contributed by atoms with Gasteiger partial charge in [-0.15, -0.1) is 0 Å². The Balaban J connectivity index is 2.49. The summed E-state index contributed by atoms with van der Waals surface area (Å²) in [5.74, 6) is 0.239. The lowest BCUT2D eigenvalue weighted by Crippen LogP contribution is -2.07. The normalized spacial score (nSPS) is 11.7. The molecular weight excluding hydrogens is 258 g/mol. The van der Waals surface area contributed by atoms with Gasteiger partial charge in [-0.2, -0.15) is 0 Å². The number of aryl methyl sites for hydroxylation is 1. The van der Waals surface area contributed by atoms with Crippen molar-refractivity contribution in [2.24, 2.45) is 0 Å². The third-order valence-electron chi connectivity index (χ3n) is 3.37. The van der Waals surface area contributed by atoms with Crippen molar-refractivity contribution >= 4 is 15.5 Å². The van der Waals surface area contributed by atoms with Crippen LogP contribution in [0.25, 0.3) is 0 Å². The van der Waals surface area contributed by atoms with Crippen LogP contribution >= 0.6 is 0 Å². The van der Waals surface area contributed by atoms with Crippen molar-refractivity contribution in [1.82, 2.24) is 0 Å². The molecule has 4 heteroatoms. The first-order valence-corrected chi connectivity index (χ1v) is 8.71. The van der Waals surface area contributed by atoms with Gasteiger partial charge < -0.3 is 5.73 Å². The maximum Gasteiger partial charge on any atom is 0.178 e. The molecule has 0 unspecified atom stereocenters. The zero-order chi connectivity index (χ0) is 14.3. The molecule has 0 fully saturated rings. The molecule has 0 amide bonds. The highest BCUT2D eigenvalue weighted by molar-refractivity contribution is 7.91. The van der Waals surface area contributed by atoms with E-state index in [2.05, 4.69) is 6.92 Å². The van der Waals surface area contributed by atoms with E-state index in [4.69, 9.17) is 5.73 Å². The lowest BCUT2D eigenvalue weighted by atomic mass is 10.1. The molecule has 0 saturated carbocycles. The Hall–Kier alpha value is -1.03. The number of nitrogen functional groups attached to an aromatic ring is 1. The van der Waals surface area contributed by atoms with Gasteiger partial charge in [0.2, 0.25) is 0 Å². The maximum atomic E-state index is 12.1. The molecule has 0 bridgehead atoms. The molecule has 2 N–H and O–H groups in total. The van der Waals surface area contributed by atoms with Gasteiger partial charge in [0.1, 0.15) is 0 Å². The Bertz CT molecular complexity index is 495. The summed E-state index contributed by atoms with van der Waals surface area (Å²) in [6.45, 7) is 4.01. The minimum Gasteiger partial charge on any atom is -0.399 e. The molecule has 3 nitrogen and oxygen atoms in total. The van der Waals surface area contributed by atoms with Crippen LogP contribution in [0.1, 0.15) is 51.0 Å². The fourth-order valence-electron chi connectivity index (χ4n) is 2.03. The fourth-order valence-corrected chi connectivity index (χ4v) is 3.48. The van der Waals surface area contributed by atoms with Crippen LogP contribution in [0.15, 0.2) is 23.1 Å². The number of rotatable bonds is 8. The van der Waals surface area contributed by atoms with Gasteiger partial charge in [0.15, 0.2) is 9.84 Å². The van der Waals surface area contributed by atoms with Gasteiger partial charge in [-0.05, 0) is 37.1 Å². The van der Waals surface area contributed by atoms with Crippen LogP contribution < -0.4 is 5.73 Å². The average molecular weight is 283 g/mol. The van der Waals surface area contributed by atoms with Crippen molar-refractivity contribution in [3.8, 4) is 0 Å². The zero-order valence-corrected chi connectivity index (χ0v) is 12.8. The summed E-state index contributed by atoms with van der Waals surface area (Å²) in [5.41, 5.74) is 7.17. The fraction of sp³-hybridized carbons (Fsp3) is 0.600. The Labute approximate surface area is 117 Å². The van der Waals surface area contributed by atoms with E-state index in [-0.39, 0.29) is 5.75 Å². The van der Waals surface area contributed by atoms with Crippen molar-refractivity contribution in [3.63, 3.8) is 0 Å². The van der Waals surface area contributed by atoms with Crippen molar-refractivity contribution < 1.29 is 8.42 Å². The zero-order valence-electron chi connectivity index (χ0n) is 12.0. The maximum absolute atomic E-state index is 12.1. The number of hydrogen-bond donors (Lipinski definition) is 1. The van der Waals surface area contributed by atoms with Crippen LogP contribution in [0.3, 0.4) is 0 Å². The highest BCUT2D eigenvalue weighted by Gasteiger charge is 2.14. The van der Waals surface area contributed by atoms with E-state index in [1.165, 1.54) is 19.3 Å². The van der Waals surface area contributed by atoms with Crippen molar-refractivity contribution in [1.29, 1.82) is 0 Å². The minimum atomic E-state index is -3.15. The first-order valence-electron chi connectivity index (χ1n) is 7.06. The highest BCUT2D eigenvalue weighted by atomic mass is 32.2. The summed E-state index contributed by atoms with van der Waals surface area (Å²) >= 11 is 0.